The molecule has 1 amide bonds. The molecule has 0 radical (unpaired) electrons. The van der Waals surface area contributed by atoms with Crippen LogP contribution in [0.2, 0.25) is 0 Å². The van der Waals surface area contributed by atoms with E-state index in [0.29, 0.717) is 5.56 Å². The van der Waals surface area contributed by atoms with Gasteiger partial charge in [-0.15, -0.1) is 0 Å². The largest absolute Gasteiger partial charge is 0.480 e. The maximum atomic E-state index is 12.4. The Morgan fingerprint density at radius 2 is 1.86 bits per heavy atom. The predicted molar refractivity (Wildman–Crippen MR) is 82.1 cm³/mol. The Hall–Kier alpha value is -2.63. The van der Waals surface area contributed by atoms with Crippen LogP contribution in [-0.4, -0.2) is 44.3 Å². The van der Waals surface area contributed by atoms with E-state index < -0.39 is 5.97 Å². The van der Waals surface area contributed by atoms with Crippen molar-refractivity contribution >= 4 is 11.9 Å². The molecule has 0 aliphatic heterocycles. The third-order valence-electron chi connectivity index (χ3n) is 3.38. The second kappa shape index (κ2) is 6.43. The highest BCUT2D eigenvalue weighted by Gasteiger charge is 2.21. The monoisotopic (exact) mass is 301 g/mol. The second-order valence-electron chi connectivity index (χ2n) is 5.35. The Bertz CT molecular complexity index is 674. The van der Waals surface area contributed by atoms with E-state index in [0.717, 1.165) is 11.4 Å². The lowest BCUT2D eigenvalue weighted by molar-refractivity contribution is -0.138. The van der Waals surface area contributed by atoms with Gasteiger partial charge in [0.05, 0.1) is 5.69 Å². The quantitative estimate of drug-likeness (QED) is 0.918. The molecule has 2 aromatic rings. The lowest BCUT2D eigenvalue weighted by Gasteiger charge is -2.25. The van der Waals surface area contributed by atoms with Crippen LogP contribution in [0.1, 0.15) is 29.9 Å². The molecule has 0 fully saturated rings. The number of aromatic nitrogens is 2. The van der Waals surface area contributed by atoms with Crippen molar-refractivity contribution in [2.45, 2.75) is 26.8 Å². The molecule has 0 saturated carbocycles. The van der Waals surface area contributed by atoms with Crippen molar-refractivity contribution in [2.24, 2.45) is 0 Å². The number of nitrogens with zero attached hydrogens (tertiary/aromatic N) is 3. The van der Waals surface area contributed by atoms with Gasteiger partial charge in [-0.3, -0.25) is 9.59 Å². The van der Waals surface area contributed by atoms with Crippen LogP contribution >= 0.6 is 0 Å². The molecule has 6 heteroatoms. The number of carboxylic acid groups (broad SMARTS) is 1. The standard InChI is InChI=1S/C16H19N3O3/c1-11(2)18(10-15(20)21)16(22)13-4-6-14(7-5-13)19-12(3)8-9-17-19/h4-9,11H,10H2,1-3H3,(H,20,21). The molecule has 0 unspecified atom stereocenters. The summed E-state index contributed by atoms with van der Waals surface area (Å²) in [6, 6.07) is 8.69. The minimum atomic E-state index is -1.02. The molecule has 0 atom stereocenters. The van der Waals surface area contributed by atoms with Crippen molar-refractivity contribution in [1.29, 1.82) is 0 Å². The zero-order valence-electron chi connectivity index (χ0n) is 12.9. The minimum absolute atomic E-state index is 0.184. The van der Waals surface area contributed by atoms with Gasteiger partial charge in [-0.05, 0) is 51.1 Å². The molecular weight excluding hydrogens is 282 g/mol. The summed E-state index contributed by atoms with van der Waals surface area (Å²) >= 11 is 0. The molecule has 1 aromatic heterocycles. The molecule has 1 heterocycles. The average molecular weight is 301 g/mol. The average Bonchev–Trinajstić information content (AvgIpc) is 2.90. The number of carboxylic acids is 1. The summed E-state index contributed by atoms with van der Waals surface area (Å²) < 4.78 is 1.77. The number of aryl methyl sites for hydroxylation is 1. The fraction of sp³-hybridized carbons (Fsp3) is 0.312. The number of hydrogen-bond donors (Lipinski definition) is 1. The van der Waals surface area contributed by atoms with Gasteiger partial charge in [0.15, 0.2) is 0 Å². The normalized spacial score (nSPS) is 10.7. The molecule has 116 valence electrons. The van der Waals surface area contributed by atoms with E-state index in [-0.39, 0.29) is 18.5 Å². The van der Waals surface area contributed by atoms with Gasteiger partial charge in [-0.1, -0.05) is 0 Å². The molecule has 1 aromatic carbocycles. The van der Waals surface area contributed by atoms with E-state index in [1.807, 2.05) is 13.0 Å². The smallest absolute Gasteiger partial charge is 0.323 e. The van der Waals surface area contributed by atoms with Gasteiger partial charge in [-0.2, -0.15) is 5.10 Å². The lowest BCUT2D eigenvalue weighted by atomic mass is 10.1. The van der Waals surface area contributed by atoms with Crippen molar-refractivity contribution in [2.75, 3.05) is 6.54 Å². The first-order valence-electron chi connectivity index (χ1n) is 7.04. The van der Waals surface area contributed by atoms with Crippen molar-refractivity contribution in [3.63, 3.8) is 0 Å². The van der Waals surface area contributed by atoms with Crippen LogP contribution in [-0.2, 0) is 4.79 Å². The molecule has 1 N–H and O–H groups in total. The highest BCUT2D eigenvalue weighted by atomic mass is 16.4. The van der Waals surface area contributed by atoms with Gasteiger partial charge in [0.2, 0.25) is 0 Å². The maximum absolute atomic E-state index is 12.4. The zero-order chi connectivity index (χ0) is 16.3. The minimum Gasteiger partial charge on any atom is -0.480 e. The zero-order valence-corrected chi connectivity index (χ0v) is 12.9. The van der Waals surface area contributed by atoms with Gasteiger partial charge in [-0.25, -0.2) is 4.68 Å². The first-order valence-corrected chi connectivity index (χ1v) is 7.04. The molecule has 22 heavy (non-hydrogen) atoms. The van der Waals surface area contributed by atoms with Gasteiger partial charge in [0.25, 0.3) is 5.91 Å². The van der Waals surface area contributed by atoms with Crippen LogP contribution < -0.4 is 0 Å². The van der Waals surface area contributed by atoms with Crippen LogP contribution in [0.3, 0.4) is 0 Å². The molecule has 0 aliphatic rings. The van der Waals surface area contributed by atoms with Crippen LogP contribution in [0.4, 0.5) is 0 Å². The predicted octanol–water partition coefficient (Wildman–Crippen LogP) is 2.12. The van der Waals surface area contributed by atoms with E-state index in [2.05, 4.69) is 5.10 Å². The van der Waals surface area contributed by atoms with Crippen LogP contribution in [0.25, 0.3) is 5.69 Å². The number of carbonyl (C=O) groups excluding carboxylic acids is 1. The highest BCUT2D eigenvalue weighted by molar-refractivity contribution is 5.96. The van der Waals surface area contributed by atoms with Gasteiger partial charge in [0.1, 0.15) is 6.54 Å². The summed E-state index contributed by atoms with van der Waals surface area (Å²) in [5, 5.41) is 13.1. The van der Waals surface area contributed by atoms with Crippen LogP contribution in [0, 0.1) is 6.92 Å². The van der Waals surface area contributed by atoms with Crippen molar-refractivity contribution < 1.29 is 14.7 Å². The molecule has 0 saturated heterocycles. The third-order valence-corrected chi connectivity index (χ3v) is 3.38. The second-order valence-corrected chi connectivity index (χ2v) is 5.35. The summed E-state index contributed by atoms with van der Waals surface area (Å²) in [6.45, 7) is 5.22. The summed E-state index contributed by atoms with van der Waals surface area (Å²) in [6.07, 6.45) is 1.71. The molecule has 0 spiro atoms. The van der Waals surface area contributed by atoms with E-state index in [1.165, 1.54) is 4.90 Å². The Labute approximate surface area is 129 Å². The summed E-state index contributed by atoms with van der Waals surface area (Å²) in [4.78, 5) is 24.6. The maximum Gasteiger partial charge on any atom is 0.323 e. The van der Waals surface area contributed by atoms with Gasteiger partial charge < -0.3 is 10.0 Å². The van der Waals surface area contributed by atoms with Crippen molar-refractivity contribution in [3.05, 3.63) is 47.8 Å². The number of amides is 1. The van der Waals surface area contributed by atoms with E-state index in [4.69, 9.17) is 5.11 Å². The number of carbonyl (C=O) groups is 2. The van der Waals surface area contributed by atoms with Crippen molar-refractivity contribution in [1.82, 2.24) is 14.7 Å². The molecule has 0 aliphatic carbocycles. The Kier molecular flexibility index (Phi) is 4.60. The first kappa shape index (κ1) is 15.8. The summed E-state index contributed by atoms with van der Waals surface area (Å²) in [7, 11) is 0. The van der Waals surface area contributed by atoms with Gasteiger partial charge >= 0.3 is 5.97 Å². The topological polar surface area (TPSA) is 75.4 Å². The van der Waals surface area contributed by atoms with Crippen LogP contribution in [0.5, 0.6) is 0 Å². The summed E-state index contributed by atoms with van der Waals surface area (Å²) in [5.74, 6) is -1.31. The lowest BCUT2D eigenvalue weighted by Crippen LogP contribution is -2.40. The molecule has 2 rings (SSSR count). The first-order chi connectivity index (χ1) is 10.4. The van der Waals surface area contributed by atoms with Crippen molar-refractivity contribution in [3.8, 4) is 5.69 Å². The van der Waals surface area contributed by atoms with Crippen LogP contribution in [0.15, 0.2) is 36.5 Å². The molecule has 6 nitrogen and oxygen atoms in total. The Balaban J connectivity index is 2.24. The fourth-order valence-electron chi connectivity index (χ4n) is 2.19. The summed E-state index contributed by atoms with van der Waals surface area (Å²) in [5.41, 5.74) is 2.31. The Morgan fingerprint density at radius 1 is 1.23 bits per heavy atom. The number of aliphatic carboxylic acids is 1. The number of hydrogen-bond acceptors (Lipinski definition) is 3. The number of rotatable bonds is 5. The molecule has 0 bridgehead atoms. The van der Waals surface area contributed by atoms with E-state index in [1.54, 1.807) is 49.0 Å². The molecular formula is C16H19N3O3. The Morgan fingerprint density at radius 3 is 2.32 bits per heavy atom. The van der Waals surface area contributed by atoms with Gasteiger partial charge in [0, 0.05) is 23.5 Å². The fourth-order valence-corrected chi connectivity index (χ4v) is 2.19. The van der Waals surface area contributed by atoms with E-state index in [9.17, 15) is 9.59 Å². The number of benzene rings is 1. The third kappa shape index (κ3) is 3.33. The highest BCUT2D eigenvalue weighted by Crippen LogP contribution is 2.14. The SMILES string of the molecule is Cc1ccnn1-c1ccc(C(=O)N(CC(=O)O)C(C)C)cc1. The van der Waals surface area contributed by atoms with E-state index >= 15 is 0 Å².